The molecule has 0 aliphatic rings. The number of nitrogens with two attached hydrogens (primary N) is 1. The summed E-state index contributed by atoms with van der Waals surface area (Å²) in [6.45, 7) is 4.59. The minimum absolute atomic E-state index is 0. The molecule has 136 valence electrons. The van der Waals surface area contributed by atoms with Crippen LogP contribution in [0, 0.1) is 5.92 Å². The summed E-state index contributed by atoms with van der Waals surface area (Å²) >= 11 is 7.53. The number of hydrogen-bond acceptors (Lipinski definition) is 5. The van der Waals surface area contributed by atoms with Crippen molar-refractivity contribution in [1.82, 2.24) is 15.5 Å². The van der Waals surface area contributed by atoms with E-state index in [1.54, 1.807) is 12.1 Å². The Morgan fingerprint density at radius 1 is 1.24 bits per heavy atom. The van der Waals surface area contributed by atoms with Crippen LogP contribution in [0.4, 0.5) is 0 Å². The first-order chi connectivity index (χ1) is 11.5. The van der Waals surface area contributed by atoms with Crippen LogP contribution in [0.5, 0.6) is 0 Å². The van der Waals surface area contributed by atoms with Crippen LogP contribution >= 0.6 is 35.8 Å². The number of nitrogens with zero attached hydrogens (tertiary/aromatic N) is 2. The van der Waals surface area contributed by atoms with E-state index in [1.807, 2.05) is 24.3 Å². The topological polar surface area (TPSA) is 80.9 Å². The van der Waals surface area contributed by atoms with E-state index in [0.29, 0.717) is 22.5 Å². The lowest BCUT2D eigenvalue weighted by Crippen LogP contribution is -2.41. The van der Waals surface area contributed by atoms with Gasteiger partial charge >= 0.3 is 0 Å². The van der Waals surface area contributed by atoms with Gasteiger partial charge < -0.3 is 11.1 Å². The molecular formula is C17H22Cl2N4OS. The van der Waals surface area contributed by atoms with Gasteiger partial charge in [0.05, 0.1) is 5.02 Å². The Hall–Kier alpha value is -1.34. The fraction of sp³-hybridized carbons (Fsp3) is 0.353. The SMILES string of the molecule is CC(C)CC(CN)NC(=O)c1ccc(Sc2ccccc2Cl)nn1.Cl. The molecule has 0 fully saturated rings. The maximum Gasteiger partial charge on any atom is 0.272 e. The van der Waals surface area contributed by atoms with E-state index in [0.717, 1.165) is 11.3 Å². The van der Waals surface area contributed by atoms with Gasteiger partial charge in [-0.2, -0.15) is 0 Å². The molecule has 0 bridgehead atoms. The third-order valence-electron chi connectivity index (χ3n) is 3.30. The van der Waals surface area contributed by atoms with Gasteiger partial charge in [0.25, 0.3) is 5.91 Å². The van der Waals surface area contributed by atoms with E-state index in [-0.39, 0.29) is 30.0 Å². The summed E-state index contributed by atoms with van der Waals surface area (Å²) < 4.78 is 0. The third kappa shape index (κ3) is 6.82. The lowest BCUT2D eigenvalue weighted by molar-refractivity contribution is 0.0927. The van der Waals surface area contributed by atoms with Crippen molar-refractivity contribution in [2.24, 2.45) is 11.7 Å². The smallest absolute Gasteiger partial charge is 0.272 e. The molecule has 0 radical (unpaired) electrons. The van der Waals surface area contributed by atoms with E-state index in [4.69, 9.17) is 17.3 Å². The number of aromatic nitrogens is 2. The molecule has 5 nitrogen and oxygen atoms in total. The molecule has 0 spiro atoms. The highest BCUT2D eigenvalue weighted by atomic mass is 35.5. The average molecular weight is 401 g/mol. The van der Waals surface area contributed by atoms with Crippen molar-refractivity contribution in [3.05, 3.63) is 47.1 Å². The second-order valence-corrected chi connectivity index (χ2v) is 7.29. The van der Waals surface area contributed by atoms with Crippen LogP contribution in [0.15, 0.2) is 46.3 Å². The molecular weight excluding hydrogens is 379 g/mol. The molecule has 1 heterocycles. The fourth-order valence-electron chi connectivity index (χ4n) is 2.18. The average Bonchev–Trinajstić information content (AvgIpc) is 2.56. The monoisotopic (exact) mass is 400 g/mol. The maximum absolute atomic E-state index is 12.2. The van der Waals surface area contributed by atoms with Crippen molar-refractivity contribution >= 4 is 41.7 Å². The first-order valence-corrected chi connectivity index (χ1v) is 8.96. The third-order valence-corrected chi connectivity index (χ3v) is 4.74. The Kier molecular flexibility index (Phi) is 9.21. The molecule has 1 unspecified atom stereocenters. The molecule has 0 aliphatic heterocycles. The molecule has 0 saturated carbocycles. The summed E-state index contributed by atoms with van der Waals surface area (Å²) in [5.74, 6) is 0.201. The number of carbonyl (C=O) groups is 1. The predicted molar refractivity (Wildman–Crippen MR) is 105 cm³/mol. The van der Waals surface area contributed by atoms with Crippen molar-refractivity contribution in [1.29, 1.82) is 0 Å². The van der Waals surface area contributed by atoms with E-state index in [1.165, 1.54) is 11.8 Å². The molecule has 25 heavy (non-hydrogen) atoms. The maximum atomic E-state index is 12.2. The number of halogens is 2. The lowest BCUT2D eigenvalue weighted by atomic mass is 10.0. The zero-order chi connectivity index (χ0) is 17.5. The van der Waals surface area contributed by atoms with Gasteiger partial charge in [0, 0.05) is 17.5 Å². The van der Waals surface area contributed by atoms with Gasteiger partial charge in [-0.15, -0.1) is 22.6 Å². The van der Waals surface area contributed by atoms with E-state index in [9.17, 15) is 4.79 Å². The summed E-state index contributed by atoms with van der Waals surface area (Å²) in [6.07, 6.45) is 0.829. The predicted octanol–water partition coefficient (Wildman–Crippen LogP) is 3.81. The molecule has 1 aromatic carbocycles. The normalized spacial score (nSPS) is 11.7. The van der Waals surface area contributed by atoms with Crippen molar-refractivity contribution in [3.8, 4) is 0 Å². The zero-order valence-corrected chi connectivity index (χ0v) is 16.5. The molecule has 3 N–H and O–H groups in total. The fourth-order valence-corrected chi connectivity index (χ4v) is 3.18. The highest BCUT2D eigenvalue weighted by Crippen LogP contribution is 2.31. The highest BCUT2D eigenvalue weighted by molar-refractivity contribution is 7.99. The summed E-state index contributed by atoms with van der Waals surface area (Å²) in [5, 5.41) is 12.3. The van der Waals surface area contributed by atoms with Crippen molar-refractivity contribution in [2.75, 3.05) is 6.54 Å². The van der Waals surface area contributed by atoms with Crippen LogP contribution in [-0.4, -0.2) is 28.7 Å². The van der Waals surface area contributed by atoms with E-state index < -0.39 is 0 Å². The zero-order valence-electron chi connectivity index (χ0n) is 14.1. The lowest BCUT2D eigenvalue weighted by Gasteiger charge is -2.18. The number of rotatable bonds is 7. The van der Waals surface area contributed by atoms with Crippen LogP contribution in [0.3, 0.4) is 0 Å². The van der Waals surface area contributed by atoms with E-state index in [2.05, 4.69) is 29.4 Å². The second kappa shape index (κ2) is 10.6. The van der Waals surface area contributed by atoms with Crippen molar-refractivity contribution in [3.63, 3.8) is 0 Å². The molecule has 1 aromatic heterocycles. The molecule has 1 amide bonds. The largest absolute Gasteiger partial charge is 0.347 e. The summed E-state index contributed by atoms with van der Waals surface area (Å²) in [7, 11) is 0. The van der Waals surface area contributed by atoms with Gasteiger partial charge in [-0.3, -0.25) is 4.79 Å². The molecule has 0 saturated heterocycles. The molecule has 0 aliphatic carbocycles. The van der Waals surface area contributed by atoms with Crippen molar-refractivity contribution in [2.45, 2.75) is 36.2 Å². The number of amides is 1. The second-order valence-electron chi connectivity index (χ2n) is 5.82. The Morgan fingerprint density at radius 2 is 1.96 bits per heavy atom. The van der Waals surface area contributed by atoms with Crippen LogP contribution in [-0.2, 0) is 0 Å². The van der Waals surface area contributed by atoms with E-state index >= 15 is 0 Å². The van der Waals surface area contributed by atoms with Gasteiger partial charge in [-0.05, 0) is 36.6 Å². The molecule has 8 heteroatoms. The highest BCUT2D eigenvalue weighted by Gasteiger charge is 2.15. The first-order valence-electron chi connectivity index (χ1n) is 7.76. The van der Waals surface area contributed by atoms with Crippen LogP contribution in [0.1, 0.15) is 30.8 Å². The Morgan fingerprint density at radius 3 is 2.52 bits per heavy atom. The van der Waals surface area contributed by atoms with Gasteiger partial charge in [0.1, 0.15) is 5.03 Å². The molecule has 2 rings (SSSR count). The Balaban J connectivity index is 0.00000312. The van der Waals surface area contributed by atoms with Crippen molar-refractivity contribution < 1.29 is 4.79 Å². The Labute approximate surface area is 163 Å². The van der Waals surface area contributed by atoms with Crippen LogP contribution in [0.25, 0.3) is 0 Å². The van der Waals surface area contributed by atoms with Gasteiger partial charge in [-0.25, -0.2) is 0 Å². The number of hydrogen-bond donors (Lipinski definition) is 2. The Bertz CT molecular complexity index is 683. The summed E-state index contributed by atoms with van der Waals surface area (Å²) in [4.78, 5) is 13.1. The minimum atomic E-state index is -0.257. The summed E-state index contributed by atoms with van der Waals surface area (Å²) in [6, 6.07) is 10.9. The van der Waals surface area contributed by atoms with Crippen LogP contribution < -0.4 is 11.1 Å². The van der Waals surface area contributed by atoms with Gasteiger partial charge in [0.2, 0.25) is 0 Å². The number of benzene rings is 1. The quantitative estimate of drug-likeness (QED) is 0.738. The number of nitrogens with one attached hydrogen (secondary N) is 1. The summed E-state index contributed by atoms with van der Waals surface area (Å²) in [5.41, 5.74) is 5.98. The van der Waals surface area contributed by atoms with Crippen LogP contribution in [0.2, 0.25) is 5.02 Å². The minimum Gasteiger partial charge on any atom is -0.347 e. The first kappa shape index (κ1) is 21.7. The molecule has 1 atom stereocenters. The van der Waals surface area contributed by atoms with Gasteiger partial charge in [0.15, 0.2) is 5.69 Å². The standard InChI is InChI=1S/C17H21ClN4OS.ClH/c1-11(2)9-12(10-19)20-17(23)14-7-8-16(22-21-14)24-15-6-4-3-5-13(15)18;/h3-8,11-12H,9-10,19H2,1-2H3,(H,20,23);1H. The molecule has 2 aromatic rings. The van der Waals surface area contributed by atoms with Gasteiger partial charge in [-0.1, -0.05) is 49.3 Å². The number of carbonyl (C=O) groups excluding carboxylic acids is 1.